The molecule has 0 aliphatic heterocycles. The van der Waals surface area contributed by atoms with E-state index in [9.17, 15) is 4.79 Å². The molecule has 1 aromatic heterocycles. The van der Waals surface area contributed by atoms with Crippen LogP contribution in [0.5, 0.6) is 0 Å². The molecule has 1 heterocycles. The molecular formula is C11H19N3OS. The third-order valence-corrected chi connectivity index (χ3v) is 3.00. The molecule has 1 rings (SSSR count). The molecule has 0 bridgehead atoms. The van der Waals surface area contributed by atoms with E-state index in [2.05, 4.69) is 15.6 Å². The lowest BCUT2D eigenvalue weighted by atomic mass is 10.2. The maximum Gasteiger partial charge on any atom is 0.221 e. The lowest BCUT2D eigenvalue weighted by molar-refractivity contribution is -0.121. The highest BCUT2D eigenvalue weighted by molar-refractivity contribution is 7.09. The molecule has 1 aromatic rings. The van der Waals surface area contributed by atoms with Gasteiger partial charge in [-0.3, -0.25) is 4.79 Å². The molecule has 4 nitrogen and oxygen atoms in total. The Bertz CT molecular complexity index is 338. The molecule has 0 aliphatic rings. The second-order valence-corrected chi connectivity index (χ2v) is 4.86. The van der Waals surface area contributed by atoms with Crippen molar-refractivity contribution in [1.82, 2.24) is 15.6 Å². The van der Waals surface area contributed by atoms with Gasteiger partial charge in [0.15, 0.2) is 0 Å². The van der Waals surface area contributed by atoms with E-state index in [0.717, 1.165) is 17.2 Å². The van der Waals surface area contributed by atoms with E-state index in [1.807, 2.05) is 26.2 Å². The van der Waals surface area contributed by atoms with Crippen molar-refractivity contribution in [3.63, 3.8) is 0 Å². The monoisotopic (exact) mass is 241 g/mol. The number of aryl methyl sites for hydroxylation is 1. The summed E-state index contributed by atoms with van der Waals surface area (Å²) in [5.41, 5.74) is 0.937. The van der Waals surface area contributed by atoms with Gasteiger partial charge in [-0.15, -0.1) is 11.3 Å². The van der Waals surface area contributed by atoms with Gasteiger partial charge in [0.05, 0.1) is 17.2 Å². The van der Waals surface area contributed by atoms with E-state index in [1.54, 1.807) is 11.3 Å². The molecule has 1 unspecified atom stereocenters. The first-order valence-electron chi connectivity index (χ1n) is 5.53. The Balaban J connectivity index is 2.25. The molecular weight excluding hydrogens is 222 g/mol. The lowest BCUT2D eigenvalue weighted by Gasteiger charge is -2.11. The third kappa shape index (κ3) is 4.72. The summed E-state index contributed by atoms with van der Waals surface area (Å²) in [6.45, 7) is 7.42. The number of aromatic nitrogens is 1. The number of amides is 1. The summed E-state index contributed by atoms with van der Waals surface area (Å²) in [4.78, 5) is 15.8. The van der Waals surface area contributed by atoms with Crippen molar-refractivity contribution in [2.45, 2.75) is 39.8 Å². The fourth-order valence-electron chi connectivity index (χ4n) is 1.45. The number of carbonyl (C=O) groups is 1. The van der Waals surface area contributed by atoms with Crippen LogP contribution < -0.4 is 10.6 Å². The van der Waals surface area contributed by atoms with E-state index >= 15 is 0 Å². The third-order valence-electron chi connectivity index (χ3n) is 2.18. The van der Waals surface area contributed by atoms with Gasteiger partial charge in [-0.05, 0) is 20.4 Å². The number of nitrogens with one attached hydrogen (secondary N) is 2. The van der Waals surface area contributed by atoms with Gasteiger partial charge in [0, 0.05) is 17.8 Å². The minimum atomic E-state index is 0.0686. The summed E-state index contributed by atoms with van der Waals surface area (Å²) >= 11 is 1.60. The number of thiazole rings is 1. The fraction of sp³-hybridized carbons (Fsp3) is 0.636. The molecule has 0 aliphatic carbocycles. The van der Waals surface area contributed by atoms with Crippen molar-refractivity contribution >= 4 is 17.2 Å². The minimum Gasteiger partial charge on any atom is -0.350 e. The minimum absolute atomic E-state index is 0.0686. The molecule has 90 valence electrons. The van der Waals surface area contributed by atoms with Crippen LogP contribution in [0.4, 0.5) is 0 Å². The highest BCUT2D eigenvalue weighted by Gasteiger charge is 2.07. The summed E-state index contributed by atoms with van der Waals surface area (Å²) in [6.07, 6.45) is 0.511. The van der Waals surface area contributed by atoms with E-state index in [1.165, 1.54) is 0 Å². The van der Waals surface area contributed by atoms with Crippen molar-refractivity contribution < 1.29 is 4.79 Å². The van der Waals surface area contributed by atoms with Crippen LogP contribution in [0.15, 0.2) is 5.38 Å². The Morgan fingerprint density at radius 3 is 2.94 bits per heavy atom. The number of hydrogen-bond donors (Lipinski definition) is 2. The maximum atomic E-state index is 11.5. The van der Waals surface area contributed by atoms with Gasteiger partial charge in [0.2, 0.25) is 5.91 Å². The van der Waals surface area contributed by atoms with E-state index in [0.29, 0.717) is 13.0 Å². The van der Waals surface area contributed by atoms with Gasteiger partial charge in [-0.25, -0.2) is 4.98 Å². The van der Waals surface area contributed by atoms with Crippen molar-refractivity contribution in [3.8, 4) is 0 Å². The van der Waals surface area contributed by atoms with Gasteiger partial charge < -0.3 is 10.6 Å². The van der Waals surface area contributed by atoms with Gasteiger partial charge >= 0.3 is 0 Å². The normalized spacial score (nSPS) is 12.4. The zero-order chi connectivity index (χ0) is 12.0. The molecule has 0 fully saturated rings. The van der Waals surface area contributed by atoms with Gasteiger partial charge in [0.25, 0.3) is 0 Å². The smallest absolute Gasteiger partial charge is 0.221 e. The molecule has 1 amide bonds. The fourth-order valence-corrected chi connectivity index (χ4v) is 2.06. The Kier molecular flexibility index (Phi) is 5.42. The number of nitrogens with zero attached hydrogens (tertiary/aromatic N) is 1. The van der Waals surface area contributed by atoms with Crippen LogP contribution in [0.2, 0.25) is 0 Å². The molecule has 0 aromatic carbocycles. The first kappa shape index (κ1) is 13.1. The summed E-state index contributed by atoms with van der Waals surface area (Å²) in [6, 6.07) is 0.224. The number of rotatable bonds is 6. The van der Waals surface area contributed by atoms with E-state index in [-0.39, 0.29) is 11.9 Å². The average Bonchev–Trinajstić information content (AvgIpc) is 2.61. The first-order chi connectivity index (χ1) is 7.61. The number of hydrogen-bond acceptors (Lipinski definition) is 4. The highest BCUT2D eigenvalue weighted by Crippen LogP contribution is 2.07. The highest BCUT2D eigenvalue weighted by atomic mass is 32.1. The molecule has 0 saturated heterocycles. The second kappa shape index (κ2) is 6.60. The predicted molar refractivity (Wildman–Crippen MR) is 66.5 cm³/mol. The molecule has 0 spiro atoms. The van der Waals surface area contributed by atoms with E-state index < -0.39 is 0 Å². The Morgan fingerprint density at radius 2 is 2.38 bits per heavy atom. The van der Waals surface area contributed by atoms with Crippen molar-refractivity contribution in [3.05, 3.63) is 16.1 Å². The standard InChI is InChI=1S/C11H19N3OS/c1-4-12-8(2)5-11(15)13-6-10-7-16-9(3)14-10/h7-8,12H,4-6H2,1-3H3,(H,13,15). The summed E-state index contributed by atoms with van der Waals surface area (Å²) in [7, 11) is 0. The van der Waals surface area contributed by atoms with E-state index in [4.69, 9.17) is 0 Å². The van der Waals surface area contributed by atoms with Crippen molar-refractivity contribution in [1.29, 1.82) is 0 Å². The SMILES string of the molecule is CCNC(C)CC(=O)NCc1csc(C)n1. The average molecular weight is 241 g/mol. The zero-order valence-corrected chi connectivity index (χ0v) is 10.9. The zero-order valence-electron chi connectivity index (χ0n) is 10.0. The Labute approximate surface area is 100 Å². The molecule has 2 N–H and O–H groups in total. The predicted octanol–water partition coefficient (Wildman–Crippen LogP) is 1.46. The topological polar surface area (TPSA) is 54.0 Å². The van der Waals surface area contributed by atoms with Gasteiger partial charge in [0.1, 0.15) is 0 Å². The van der Waals surface area contributed by atoms with Crippen LogP contribution in [0.1, 0.15) is 31.0 Å². The van der Waals surface area contributed by atoms with Crippen LogP contribution in [0.3, 0.4) is 0 Å². The molecule has 0 saturated carbocycles. The molecule has 5 heteroatoms. The van der Waals surface area contributed by atoms with Crippen molar-refractivity contribution in [2.24, 2.45) is 0 Å². The van der Waals surface area contributed by atoms with Crippen LogP contribution in [0.25, 0.3) is 0 Å². The second-order valence-electron chi connectivity index (χ2n) is 3.80. The molecule has 16 heavy (non-hydrogen) atoms. The summed E-state index contributed by atoms with van der Waals surface area (Å²) < 4.78 is 0. The molecule has 0 radical (unpaired) electrons. The number of carbonyl (C=O) groups excluding carboxylic acids is 1. The maximum absolute atomic E-state index is 11.5. The summed E-state index contributed by atoms with van der Waals surface area (Å²) in [5, 5.41) is 9.08. The van der Waals surface area contributed by atoms with Crippen LogP contribution in [0, 0.1) is 6.92 Å². The summed E-state index contributed by atoms with van der Waals surface area (Å²) in [5.74, 6) is 0.0686. The van der Waals surface area contributed by atoms with Gasteiger partial charge in [-0.1, -0.05) is 6.92 Å². The largest absolute Gasteiger partial charge is 0.350 e. The quantitative estimate of drug-likeness (QED) is 0.792. The van der Waals surface area contributed by atoms with Crippen LogP contribution >= 0.6 is 11.3 Å². The first-order valence-corrected chi connectivity index (χ1v) is 6.41. The van der Waals surface area contributed by atoms with Gasteiger partial charge in [-0.2, -0.15) is 0 Å². The van der Waals surface area contributed by atoms with Crippen molar-refractivity contribution in [2.75, 3.05) is 6.54 Å². The lowest BCUT2D eigenvalue weighted by Crippen LogP contribution is -2.33. The van der Waals surface area contributed by atoms with Crippen LogP contribution in [-0.2, 0) is 11.3 Å². The Hall–Kier alpha value is -0.940. The van der Waals surface area contributed by atoms with Crippen LogP contribution in [-0.4, -0.2) is 23.5 Å². The Morgan fingerprint density at radius 1 is 1.62 bits per heavy atom. The molecule has 1 atom stereocenters.